The summed E-state index contributed by atoms with van der Waals surface area (Å²) in [5.41, 5.74) is 6.36. The molecule has 3 aromatic rings. The number of hydrogen-bond acceptors (Lipinski definition) is 4. The van der Waals surface area contributed by atoms with Crippen LogP contribution in [0.3, 0.4) is 0 Å². The van der Waals surface area contributed by atoms with E-state index in [1.54, 1.807) is 0 Å². The summed E-state index contributed by atoms with van der Waals surface area (Å²) in [4.78, 5) is 22.5. The molecule has 1 saturated heterocycles. The van der Waals surface area contributed by atoms with Gasteiger partial charge in [-0.2, -0.15) is 0 Å². The molecule has 5 nitrogen and oxygen atoms in total. The Balaban J connectivity index is 1.46. The average Bonchev–Trinajstić information content (AvgIpc) is 2.81. The molecule has 0 radical (unpaired) electrons. The summed E-state index contributed by atoms with van der Waals surface area (Å²) in [6, 6.07) is 20.1. The second kappa shape index (κ2) is 9.31. The molecule has 2 heterocycles. The number of carbonyl (C=O) groups is 1. The molecular weight excluding hydrogens is 384 g/mol. The van der Waals surface area contributed by atoms with Crippen molar-refractivity contribution in [3.63, 3.8) is 0 Å². The molecule has 31 heavy (non-hydrogen) atoms. The molecule has 1 aliphatic rings. The molecule has 4 rings (SSSR count). The van der Waals surface area contributed by atoms with Crippen molar-refractivity contribution in [3.05, 3.63) is 77.5 Å². The van der Waals surface area contributed by atoms with E-state index in [1.807, 2.05) is 62.4 Å². The Morgan fingerprint density at radius 2 is 1.71 bits per heavy atom. The minimum Gasteiger partial charge on any atom is -0.369 e. The summed E-state index contributed by atoms with van der Waals surface area (Å²) >= 11 is 0. The van der Waals surface area contributed by atoms with Gasteiger partial charge in [0, 0.05) is 43.1 Å². The third-order valence-corrected chi connectivity index (χ3v) is 6.04. The van der Waals surface area contributed by atoms with E-state index in [0.29, 0.717) is 5.56 Å². The average molecular weight is 415 g/mol. The van der Waals surface area contributed by atoms with Crippen LogP contribution in [0.2, 0.25) is 0 Å². The monoisotopic (exact) mass is 414 g/mol. The van der Waals surface area contributed by atoms with Crippen LogP contribution >= 0.6 is 0 Å². The first-order chi connectivity index (χ1) is 15.0. The number of anilines is 2. The van der Waals surface area contributed by atoms with E-state index in [1.165, 1.54) is 5.69 Å². The Kier molecular flexibility index (Phi) is 6.33. The number of rotatable bonds is 5. The van der Waals surface area contributed by atoms with E-state index in [0.717, 1.165) is 60.9 Å². The van der Waals surface area contributed by atoms with Gasteiger partial charge in [-0.3, -0.25) is 9.78 Å². The summed E-state index contributed by atoms with van der Waals surface area (Å²) in [5.74, 6) is -0.128. The predicted octanol–water partition coefficient (Wildman–Crippen LogP) is 4.76. The van der Waals surface area contributed by atoms with E-state index in [9.17, 15) is 4.79 Å². The SMILES string of the molecule is CCN1CCN(c2ccc(NC(=O)c3ccc(-c4ccccc4)nc3C)c(C)c2)CC1. The highest BCUT2D eigenvalue weighted by atomic mass is 16.1. The third-order valence-electron chi connectivity index (χ3n) is 6.04. The van der Waals surface area contributed by atoms with Crippen LogP contribution in [0.4, 0.5) is 11.4 Å². The number of piperazine rings is 1. The molecule has 2 aromatic carbocycles. The molecular formula is C26H30N4O. The van der Waals surface area contributed by atoms with Gasteiger partial charge in [-0.1, -0.05) is 37.3 Å². The predicted molar refractivity (Wildman–Crippen MR) is 128 cm³/mol. The first-order valence-corrected chi connectivity index (χ1v) is 11.0. The van der Waals surface area contributed by atoms with Crippen LogP contribution in [-0.4, -0.2) is 48.5 Å². The van der Waals surface area contributed by atoms with Gasteiger partial charge >= 0.3 is 0 Å². The van der Waals surface area contributed by atoms with Crippen molar-refractivity contribution < 1.29 is 4.79 Å². The topological polar surface area (TPSA) is 48.5 Å². The fourth-order valence-electron chi connectivity index (χ4n) is 4.07. The molecule has 0 atom stereocenters. The Morgan fingerprint density at radius 3 is 2.35 bits per heavy atom. The van der Waals surface area contributed by atoms with Gasteiger partial charge < -0.3 is 15.1 Å². The summed E-state index contributed by atoms with van der Waals surface area (Å²) in [7, 11) is 0. The Morgan fingerprint density at radius 1 is 0.968 bits per heavy atom. The van der Waals surface area contributed by atoms with Crippen LogP contribution < -0.4 is 10.2 Å². The lowest BCUT2D eigenvalue weighted by atomic mass is 10.1. The largest absolute Gasteiger partial charge is 0.369 e. The van der Waals surface area contributed by atoms with Gasteiger partial charge in [-0.05, 0) is 56.3 Å². The van der Waals surface area contributed by atoms with Crippen LogP contribution in [0, 0.1) is 13.8 Å². The van der Waals surface area contributed by atoms with E-state index in [4.69, 9.17) is 0 Å². The number of benzene rings is 2. The second-order valence-electron chi connectivity index (χ2n) is 8.07. The highest BCUT2D eigenvalue weighted by Gasteiger charge is 2.17. The van der Waals surface area contributed by atoms with Crippen molar-refractivity contribution >= 4 is 17.3 Å². The fraction of sp³-hybridized carbons (Fsp3) is 0.308. The zero-order chi connectivity index (χ0) is 21.8. The first-order valence-electron chi connectivity index (χ1n) is 11.0. The van der Waals surface area contributed by atoms with Gasteiger partial charge in [0.15, 0.2) is 0 Å². The number of amides is 1. The fourth-order valence-corrected chi connectivity index (χ4v) is 4.07. The molecule has 1 fully saturated rings. The van der Waals surface area contributed by atoms with Gasteiger partial charge in [0.2, 0.25) is 0 Å². The number of nitrogens with zero attached hydrogens (tertiary/aromatic N) is 3. The van der Waals surface area contributed by atoms with Crippen molar-refractivity contribution in [1.29, 1.82) is 0 Å². The van der Waals surface area contributed by atoms with Crippen molar-refractivity contribution in [2.24, 2.45) is 0 Å². The standard InChI is InChI=1S/C26H30N4O/c1-4-29-14-16-30(17-15-29)22-10-12-24(19(2)18-22)28-26(31)23-11-13-25(27-20(23)3)21-8-6-5-7-9-21/h5-13,18H,4,14-17H2,1-3H3,(H,28,31). The van der Waals surface area contributed by atoms with Crippen LogP contribution in [0.15, 0.2) is 60.7 Å². The van der Waals surface area contributed by atoms with E-state index < -0.39 is 0 Å². The lowest BCUT2D eigenvalue weighted by Crippen LogP contribution is -2.46. The first kappa shape index (κ1) is 21.1. The molecule has 0 bridgehead atoms. The minimum atomic E-state index is -0.128. The normalized spacial score (nSPS) is 14.5. The van der Waals surface area contributed by atoms with Crippen LogP contribution in [0.1, 0.15) is 28.5 Å². The van der Waals surface area contributed by atoms with Gasteiger partial charge in [0.25, 0.3) is 5.91 Å². The maximum absolute atomic E-state index is 12.9. The molecule has 0 aliphatic carbocycles. The summed E-state index contributed by atoms with van der Waals surface area (Å²) in [6.07, 6.45) is 0. The number of nitrogens with one attached hydrogen (secondary N) is 1. The lowest BCUT2D eigenvalue weighted by Gasteiger charge is -2.35. The smallest absolute Gasteiger partial charge is 0.257 e. The summed E-state index contributed by atoms with van der Waals surface area (Å²) in [5, 5.41) is 3.07. The maximum Gasteiger partial charge on any atom is 0.257 e. The molecule has 1 aromatic heterocycles. The van der Waals surface area contributed by atoms with Gasteiger partial charge in [-0.15, -0.1) is 0 Å². The van der Waals surface area contributed by atoms with Gasteiger partial charge in [0.1, 0.15) is 0 Å². The van der Waals surface area contributed by atoms with E-state index in [-0.39, 0.29) is 5.91 Å². The summed E-state index contributed by atoms with van der Waals surface area (Å²) in [6.45, 7) is 11.5. The molecule has 1 N–H and O–H groups in total. The number of aromatic nitrogens is 1. The Labute approximate surface area is 184 Å². The van der Waals surface area contributed by atoms with E-state index in [2.05, 4.69) is 39.2 Å². The number of carbonyl (C=O) groups excluding carboxylic acids is 1. The van der Waals surface area contributed by atoms with Crippen molar-refractivity contribution in [2.75, 3.05) is 42.9 Å². The maximum atomic E-state index is 12.9. The second-order valence-corrected chi connectivity index (χ2v) is 8.07. The molecule has 0 unspecified atom stereocenters. The minimum absolute atomic E-state index is 0.128. The van der Waals surface area contributed by atoms with Crippen molar-refractivity contribution in [2.45, 2.75) is 20.8 Å². The van der Waals surface area contributed by atoms with Crippen LogP contribution in [0.25, 0.3) is 11.3 Å². The Bertz CT molecular complexity index is 1060. The summed E-state index contributed by atoms with van der Waals surface area (Å²) < 4.78 is 0. The molecule has 0 spiro atoms. The van der Waals surface area contributed by atoms with Crippen molar-refractivity contribution in [3.8, 4) is 11.3 Å². The van der Waals surface area contributed by atoms with Crippen molar-refractivity contribution in [1.82, 2.24) is 9.88 Å². The number of hydrogen-bond donors (Lipinski definition) is 1. The highest BCUT2D eigenvalue weighted by molar-refractivity contribution is 6.05. The molecule has 5 heteroatoms. The highest BCUT2D eigenvalue weighted by Crippen LogP contribution is 2.25. The zero-order valence-electron chi connectivity index (χ0n) is 18.6. The van der Waals surface area contributed by atoms with Crippen LogP contribution in [-0.2, 0) is 0 Å². The van der Waals surface area contributed by atoms with Crippen LogP contribution in [0.5, 0.6) is 0 Å². The van der Waals surface area contributed by atoms with Gasteiger partial charge in [0.05, 0.1) is 17.0 Å². The number of pyridine rings is 1. The Hall–Kier alpha value is -3.18. The number of aryl methyl sites for hydroxylation is 2. The third kappa shape index (κ3) is 4.78. The molecule has 1 aliphatic heterocycles. The quantitative estimate of drug-likeness (QED) is 0.654. The zero-order valence-corrected chi connectivity index (χ0v) is 18.6. The molecule has 1 amide bonds. The van der Waals surface area contributed by atoms with Gasteiger partial charge in [-0.25, -0.2) is 0 Å². The molecule has 160 valence electrons. The molecule has 0 saturated carbocycles. The van der Waals surface area contributed by atoms with E-state index >= 15 is 0 Å². The number of likely N-dealkylation sites (N-methyl/N-ethyl adjacent to an activating group) is 1. The lowest BCUT2D eigenvalue weighted by molar-refractivity contribution is 0.102.